The van der Waals surface area contributed by atoms with E-state index in [1.165, 1.54) is 11.1 Å². The second kappa shape index (κ2) is 5.52. The van der Waals surface area contributed by atoms with Crippen molar-refractivity contribution in [3.05, 3.63) is 70.2 Å². The molecule has 0 fully saturated rings. The Morgan fingerprint density at radius 1 is 0.941 bits per heavy atom. The van der Waals surface area contributed by atoms with E-state index in [2.05, 4.69) is 24.3 Å². The molecule has 1 nitrogen and oxygen atoms in total. The van der Waals surface area contributed by atoms with Crippen LogP contribution in [0.25, 0.3) is 0 Å². The number of hydrogen-bond donors (Lipinski definition) is 0. The molecule has 0 atom stereocenters. The smallest absolute Gasteiger partial charge is 0.0669 e. The van der Waals surface area contributed by atoms with Gasteiger partial charge in [0.1, 0.15) is 0 Å². The molecule has 0 N–H and O–H groups in total. The van der Waals surface area contributed by atoms with E-state index in [-0.39, 0.29) is 0 Å². The first-order valence-electron chi connectivity index (χ1n) is 5.47. The number of hydrogen-bond acceptors (Lipinski definition) is 1. The summed E-state index contributed by atoms with van der Waals surface area (Å²) in [5, 5.41) is 9.36. The van der Waals surface area contributed by atoms with Gasteiger partial charge in [-0.05, 0) is 35.2 Å². The Hall–Kier alpha value is -1.78. The third kappa shape index (κ3) is 3.34. The molecule has 0 bridgehead atoms. The quantitative estimate of drug-likeness (QED) is 0.797. The minimum atomic E-state index is 0.470. The lowest BCUT2D eigenvalue weighted by Gasteiger charge is -2.03. The van der Waals surface area contributed by atoms with Crippen LogP contribution >= 0.6 is 11.6 Å². The molecular formula is C15H12ClN. The number of rotatable bonds is 3. The second-order valence-corrected chi connectivity index (χ2v) is 4.39. The highest BCUT2D eigenvalue weighted by atomic mass is 35.5. The van der Waals surface area contributed by atoms with E-state index < -0.39 is 0 Å². The number of halogens is 1. The van der Waals surface area contributed by atoms with Crippen molar-refractivity contribution in [3.8, 4) is 6.07 Å². The Morgan fingerprint density at radius 3 is 2.29 bits per heavy atom. The van der Waals surface area contributed by atoms with Crippen LogP contribution in [0.5, 0.6) is 0 Å². The van der Waals surface area contributed by atoms with Gasteiger partial charge in [-0.2, -0.15) is 5.26 Å². The van der Waals surface area contributed by atoms with Gasteiger partial charge < -0.3 is 0 Å². The molecule has 84 valence electrons. The minimum Gasteiger partial charge on any atom is -0.198 e. The average molecular weight is 242 g/mol. The molecule has 0 aliphatic heterocycles. The van der Waals surface area contributed by atoms with Crippen LogP contribution in [-0.2, 0) is 12.8 Å². The zero-order chi connectivity index (χ0) is 12.1. The van der Waals surface area contributed by atoms with Gasteiger partial charge in [0.05, 0.1) is 12.5 Å². The van der Waals surface area contributed by atoms with Crippen molar-refractivity contribution in [2.75, 3.05) is 0 Å². The first-order valence-corrected chi connectivity index (χ1v) is 5.85. The standard InChI is InChI=1S/C15H12ClN/c16-15-3-1-2-14(11-15)10-13-6-4-12(5-7-13)8-9-17/h1-7,11H,8,10H2. The summed E-state index contributed by atoms with van der Waals surface area (Å²) in [7, 11) is 0. The molecule has 2 rings (SSSR count). The summed E-state index contributed by atoms with van der Waals surface area (Å²) in [6, 6.07) is 18.2. The predicted molar refractivity (Wildman–Crippen MR) is 70.0 cm³/mol. The molecule has 2 aromatic rings. The van der Waals surface area contributed by atoms with Crippen LogP contribution < -0.4 is 0 Å². The fourth-order valence-corrected chi connectivity index (χ4v) is 1.96. The molecule has 0 aromatic heterocycles. The molecule has 0 aliphatic rings. The maximum absolute atomic E-state index is 8.59. The second-order valence-electron chi connectivity index (χ2n) is 3.96. The normalized spacial score (nSPS) is 9.88. The lowest BCUT2D eigenvalue weighted by Crippen LogP contribution is -1.89. The van der Waals surface area contributed by atoms with E-state index in [9.17, 15) is 0 Å². The van der Waals surface area contributed by atoms with Crippen LogP contribution in [0, 0.1) is 11.3 Å². The van der Waals surface area contributed by atoms with E-state index in [1.807, 2.05) is 30.3 Å². The molecular weight excluding hydrogens is 230 g/mol. The lowest BCUT2D eigenvalue weighted by molar-refractivity contribution is 1.17. The maximum Gasteiger partial charge on any atom is 0.0669 e. The van der Waals surface area contributed by atoms with Gasteiger partial charge in [-0.1, -0.05) is 48.0 Å². The van der Waals surface area contributed by atoms with Crippen LogP contribution in [0.15, 0.2) is 48.5 Å². The van der Waals surface area contributed by atoms with Crippen molar-refractivity contribution in [1.29, 1.82) is 5.26 Å². The molecule has 0 unspecified atom stereocenters. The summed E-state index contributed by atoms with van der Waals surface area (Å²) < 4.78 is 0. The molecule has 2 heteroatoms. The zero-order valence-electron chi connectivity index (χ0n) is 9.36. The van der Waals surface area contributed by atoms with Gasteiger partial charge in [-0.15, -0.1) is 0 Å². The molecule has 17 heavy (non-hydrogen) atoms. The number of benzene rings is 2. The van der Waals surface area contributed by atoms with Crippen molar-refractivity contribution in [2.45, 2.75) is 12.8 Å². The first kappa shape index (κ1) is 11.7. The monoisotopic (exact) mass is 241 g/mol. The van der Waals surface area contributed by atoms with Gasteiger partial charge in [-0.3, -0.25) is 0 Å². The van der Waals surface area contributed by atoms with Crippen LogP contribution in [0.2, 0.25) is 5.02 Å². The van der Waals surface area contributed by atoms with E-state index in [4.69, 9.17) is 16.9 Å². The predicted octanol–water partition coefficient (Wildman–Crippen LogP) is 4.00. The van der Waals surface area contributed by atoms with Crippen molar-refractivity contribution >= 4 is 11.6 Å². The largest absolute Gasteiger partial charge is 0.198 e. The van der Waals surface area contributed by atoms with Crippen LogP contribution in [-0.4, -0.2) is 0 Å². The highest BCUT2D eigenvalue weighted by molar-refractivity contribution is 6.30. The van der Waals surface area contributed by atoms with E-state index in [0.29, 0.717) is 6.42 Å². The van der Waals surface area contributed by atoms with Gasteiger partial charge in [0.15, 0.2) is 0 Å². The van der Waals surface area contributed by atoms with E-state index >= 15 is 0 Å². The van der Waals surface area contributed by atoms with Gasteiger partial charge in [0, 0.05) is 5.02 Å². The fraction of sp³-hybridized carbons (Fsp3) is 0.133. The summed E-state index contributed by atoms with van der Waals surface area (Å²) in [4.78, 5) is 0. The van der Waals surface area contributed by atoms with Gasteiger partial charge in [-0.25, -0.2) is 0 Å². The van der Waals surface area contributed by atoms with E-state index in [1.54, 1.807) is 0 Å². The van der Waals surface area contributed by atoms with Crippen LogP contribution in [0.4, 0.5) is 0 Å². The number of nitriles is 1. The lowest BCUT2D eigenvalue weighted by atomic mass is 10.0. The number of nitrogens with zero attached hydrogens (tertiary/aromatic N) is 1. The first-order chi connectivity index (χ1) is 8.28. The summed E-state index contributed by atoms with van der Waals surface area (Å²) in [6.45, 7) is 0. The fourth-order valence-electron chi connectivity index (χ4n) is 1.75. The average Bonchev–Trinajstić information content (AvgIpc) is 2.32. The van der Waals surface area contributed by atoms with Gasteiger partial charge >= 0.3 is 0 Å². The molecule has 0 saturated heterocycles. The minimum absolute atomic E-state index is 0.470. The van der Waals surface area contributed by atoms with Crippen LogP contribution in [0.1, 0.15) is 16.7 Å². The summed E-state index contributed by atoms with van der Waals surface area (Å²) in [6.07, 6.45) is 1.34. The Bertz CT molecular complexity index is 538. The van der Waals surface area contributed by atoms with Crippen molar-refractivity contribution in [3.63, 3.8) is 0 Å². The maximum atomic E-state index is 8.59. The topological polar surface area (TPSA) is 23.8 Å². The van der Waals surface area contributed by atoms with Crippen molar-refractivity contribution in [2.24, 2.45) is 0 Å². The Labute approximate surface area is 106 Å². The summed E-state index contributed by atoms with van der Waals surface area (Å²) in [5.74, 6) is 0. The molecule has 2 aromatic carbocycles. The molecule has 0 spiro atoms. The third-order valence-corrected chi connectivity index (χ3v) is 2.84. The van der Waals surface area contributed by atoms with Crippen LogP contribution in [0.3, 0.4) is 0 Å². The Morgan fingerprint density at radius 2 is 1.65 bits per heavy atom. The third-order valence-electron chi connectivity index (χ3n) is 2.60. The highest BCUT2D eigenvalue weighted by Crippen LogP contribution is 2.15. The highest BCUT2D eigenvalue weighted by Gasteiger charge is 1.98. The zero-order valence-corrected chi connectivity index (χ0v) is 10.1. The van der Waals surface area contributed by atoms with Gasteiger partial charge in [0.2, 0.25) is 0 Å². The Balaban J connectivity index is 2.11. The molecule has 0 heterocycles. The summed E-state index contributed by atoms with van der Waals surface area (Å²) in [5.41, 5.74) is 3.49. The SMILES string of the molecule is N#CCc1ccc(Cc2cccc(Cl)c2)cc1. The summed E-state index contributed by atoms with van der Waals surface area (Å²) >= 11 is 5.94. The molecule has 0 amide bonds. The van der Waals surface area contributed by atoms with E-state index in [0.717, 1.165) is 17.0 Å². The van der Waals surface area contributed by atoms with Gasteiger partial charge in [0.25, 0.3) is 0 Å². The molecule has 0 aliphatic carbocycles. The Kier molecular flexibility index (Phi) is 3.80. The molecule has 0 radical (unpaired) electrons. The van der Waals surface area contributed by atoms with Crippen molar-refractivity contribution in [1.82, 2.24) is 0 Å². The van der Waals surface area contributed by atoms with Crippen molar-refractivity contribution < 1.29 is 0 Å². The molecule has 0 saturated carbocycles.